The van der Waals surface area contributed by atoms with Gasteiger partial charge in [-0.15, -0.1) is 11.3 Å². The van der Waals surface area contributed by atoms with Gasteiger partial charge < -0.3 is 10.5 Å². The van der Waals surface area contributed by atoms with E-state index in [-0.39, 0.29) is 5.82 Å². The molecule has 3 nitrogen and oxygen atoms in total. The number of rotatable bonds is 5. The van der Waals surface area contributed by atoms with E-state index < -0.39 is 12.0 Å². The first-order chi connectivity index (χ1) is 9.61. The van der Waals surface area contributed by atoms with Gasteiger partial charge in [-0.1, -0.05) is 18.2 Å². The molecule has 1 atom stereocenters. The fraction of sp³-hybridized carbons (Fsp3) is 0.267. The van der Waals surface area contributed by atoms with Gasteiger partial charge in [0.05, 0.1) is 6.61 Å². The molecule has 0 aliphatic rings. The second-order valence-corrected chi connectivity index (χ2v) is 5.48. The van der Waals surface area contributed by atoms with Gasteiger partial charge in [0.2, 0.25) is 0 Å². The summed E-state index contributed by atoms with van der Waals surface area (Å²) in [6.07, 6.45) is 0.401. The molecule has 1 heterocycles. The summed E-state index contributed by atoms with van der Waals surface area (Å²) in [5.41, 5.74) is 6.33. The van der Waals surface area contributed by atoms with E-state index in [9.17, 15) is 9.18 Å². The molecular formula is C15H16FNO2S. The zero-order valence-electron chi connectivity index (χ0n) is 11.1. The zero-order valence-corrected chi connectivity index (χ0v) is 12.0. The van der Waals surface area contributed by atoms with E-state index in [4.69, 9.17) is 10.5 Å². The van der Waals surface area contributed by atoms with Crippen molar-refractivity contribution in [3.05, 3.63) is 47.1 Å². The van der Waals surface area contributed by atoms with E-state index in [1.54, 1.807) is 25.1 Å². The van der Waals surface area contributed by atoms with Gasteiger partial charge in [-0.3, -0.25) is 4.79 Å². The maximum atomic E-state index is 13.7. The van der Waals surface area contributed by atoms with Crippen LogP contribution in [0.3, 0.4) is 0 Å². The highest BCUT2D eigenvalue weighted by Gasteiger charge is 2.16. The number of carbonyl (C=O) groups excluding carboxylic acids is 1. The molecule has 5 heteroatoms. The molecule has 0 bridgehead atoms. The van der Waals surface area contributed by atoms with Crippen LogP contribution in [0.4, 0.5) is 4.39 Å². The Morgan fingerprint density at radius 1 is 1.35 bits per heavy atom. The van der Waals surface area contributed by atoms with Gasteiger partial charge in [0.25, 0.3) is 0 Å². The first kappa shape index (κ1) is 14.7. The molecule has 0 aliphatic carbocycles. The Morgan fingerprint density at radius 3 is 2.80 bits per heavy atom. The molecule has 0 saturated carbocycles. The molecular weight excluding hydrogens is 277 g/mol. The van der Waals surface area contributed by atoms with Crippen molar-refractivity contribution in [1.29, 1.82) is 0 Å². The predicted molar refractivity (Wildman–Crippen MR) is 78.0 cm³/mol. The number of benzene rings is 1. The molecule has 20 heavy (non-hydrogen) atoms. The van der Waals surface area contributed by atoms with Crippen LogP contribution in [-0.4, -0.2) is 18.6 Å². The van der Waals surface area contributed by atoms with Crippen molar-refractivity contribution in [2.75, 3.05) is 6.61 Å². The molecule has 1 unspecified atom stereocenters. The normalized spacial score (nSPS) is 12.2. The van der Waals surface area contributed by atoms with Gasteiger partial charge in [-0.2, -0.15) is 0 Å². The van der Waals surface area contributed by atoms with Crippen LogP contribution in [0.2, 0.25) is 0 Å². The Morgan fingerprint density at radius 2 is 2.10 bits per heavy atom. The van der Waals surface area contributed by atoms with E-state index in [2.05, 4.69) is 0 Å². The Labute approximate surface area is 121 Å². The van der Waals surface area contributed by atoms with Crippen molar-refractivity contribution < 1.29 is 13.9 Å². The second kappa shape index (κ2) is 6.63. The maximum absolute atomic E-state index is 13.7. The fourth-order valence-corrected chi connectivity index (χ4v) is 2.94. The highest BCUT2D eigenvalue weighted by atomic mass is 32.1. The first-order valence-electron chi connectivity index (χ1n) is 6.37. The molecule has 0 fully saturated rings. The van der Waals surface area contributed by atoms with Crippen molar-refractivity contribution in [3.63, 3.8) is 0 Å². The Hall–Kier alpha value is -1.72. The molecule has 2 rings (SSSR count). The molecule has 106 valence electrons. The quantitative estimate of drug-likeness (QED) is 0.862. The third kappa shape index (κ3) is 3.43. The number of nitrogens with two attached hydrogens (primary N) is 1. The molecule has 1 aromatic carbocycles. The maximum Gasteiger partial charge on any atom is 0.323 e. The Bertz CT molecular complexity index is 597. The molecule has 0 radical (unpaired) electrons. The average molecular weight is 293 g/mol. The molecule has 0 spiro atoms. The summed E-state index contributed by atoms with van der Waals surface area (Å²) < 4.78 is 18.6. The SMILES string of the molecule is CCOC(=O)C(N)Cc1ccc(-c2ccccc2F)s1. The minimum Gasteiger partial charge on any atom is -0.465 e. The minimum atomic E-state index is -0.679. The van der Waals surface area contributed by atoms with Crippen LogP contribution >= 0.6 is 11.3 Å². The van der Waals surface area contributed by atoms with Crippen molar-refractivity contribution in [3.8, 4) is 10.4 Å². The third-order valence-corrected chi connectivity index (χ3v) is 3.95. The topological polar surface area (TPSA) is 52.3 Å². The van der Waals surface area contributed by atoms with Gasteiger partial charge in [-0.25, -0.2) is 4.39 Å². The lowest BCUT2D eigenvalue weighted by atomic mass is 10.1. The highest BCUT2D eigenvalue weighted by Crippen LogP contribution is 2.30. The zero-order chi connectivity index (χ0) is 14.5. The number of hydrogen-bond donors (Lipinski definition) is 1. The predicted octanol–water partition coefficient (Wildman–Crippen LogP) is 2.99. The second-order valence-electron chi connectivity index (χ2n) is 4.31. The van der Waals surface area contributed by atoms with Crippen LogP contribution in [0.15, 0.2) is 36.4 Å². The summed E-state index contributed by atoms with van der Waals surface area (Å²) in [6, 6.07) is 9.64. The van der Waals surface area contributed by atoms with Crippen LogP contribution < -0.4 is 5.73 Å². The minimum absolute atomic E-state index is 0.254. The van der Waals surface area contributed by atoms with Crippen molar-refractivity contribution in [1.82, 2.24) is 0 Å². The smallest absolute Gasteiger partial charge is 0.323 e. The molecule has 1 aromatic heterocycles. The largest absolute Gasteiger partial charge is 0.465 e. The van der Waals surface area contributed by atoms with E-state index in [0.717, 1.165) is 9.75 Å². The number of thiophene rings is 1. The number of hydrogen-bond acceptors (Lipinski definition) is 4. The van der Waals surface area contributed by atoms with Gasteiger partial charge in [0.1, 0.15) is 11.9 Å². The summed E-state index contributed by atoms with van der Waals surface area (Å²) in [5, 5.41) is 0. The first-order valence-corrected chi connectivity index (χ1v) is 7.19. The van der Waals surface area contributed by atoms with Crippen LogP contribution in [-0.2, 0) is 16.0 Å². The van der Waals surface area contributed by atoms with Crippen LogP contribution in [0, 0.1) is 5.82 Å². The van der Waals surface area contributed by atoms with Crippen molar-refractivity contribution in [2.45, 2.75) is 19.4 Å². The summed E-state index contributed by atoms with van der Waals surface area (Å²) in [7, 11) is 0. The average Bonchev–Trinajstić information content (AvgIpc) is 2.87. The number of ether oxygens (including phenoxy) is 1. The van der Waals surface area contributed by atoms with Crippen molar-refractivity contribution in [2.24, 2.45) is 5.73 Å². The summed E-state index contributed by atoms with van der Waals surface area (Å²) in [5.74, 6) is -0.663. The number of esters is 1. The van der Waals surface area contributed by atoms with E-state index in [0.29, 0.717) is 18.6 Å². The summed E-state index contributed by atoms with van der Waals surface area (Å²) in [4.78, 5) is 13.2. The lowest BCUT2D eigenvalue weighted by molar-refractivity contribution is -0.144. The molecule has 0 saturated heterocycles. The molecule has 0 aliphatic heterocycles. The molecule has 0 amide bonds. The van der Waals surface area contributed by atoms with Crippen LogP contribution in [0.1, 0.15) is 11.8 Å². The molecule has 2 aromatic rings. The van der Waals surface area contributed by atoms with E-state index >= 15 is 0 Å². The van der Waals surface area contributed by atoms with Gasteiger partial charge >= 0.3 is 5.97 Å². The standard InChI is InChI=1S/C15H16FNO2S/c1-2-19-15(18)13(17)9-10-7-8-14(20-10)11-5-3-4-6-12(11)16/h3-8,13H,2,9,17H2,1H3. The number of carbonyl (C=O) groups is 1. The Kier molecular flexibility index (Phi) is 4.87. The van der Waals surface area contributed by atoms with Crippen LogP contribution in [0.5, 0.6) is 0 Å². The summed E-state index contributed by atoms with van der Waals surface area (Å²) in [6.45, 7) is 2.06. The van der Waals surface area contributed by atoms with Gasteiger partial charge in [-0.05, 0) is 25.1 Å². The third-order valence-electron chi connectivity index (χ3n) is 2.81. The van der Waals surface area contributed by atoms with E-state index in [1.165, 1.54) is 17.4 Å². The summed E-state index contributed by atoms with van der Waals surface area (Å²) >= 11 is 1.44. The number of halogens is 1. The fourth-order valence-electron chi connectivity index (χ4n) is 1.84. The van der Waals surface area contributed by atoms with E-state index in [1.807, 2.05) is 12.1 Å². The highest BCUT2D eigenvalue weighted by molar-refractivity contribution is 7.15. The van der Waals surface area contributed by atoms with Gasteiger partial charge in [0, 0.05) is 21.7 Å². The molecule has 2 N–H and O–H groups in total. The lowest BCUT2D eigenvalue weighted by Gasteiger charge is -2.08. The lowest BCUT2D eigenvalue weighted by Crippen LogP contribution is -2.34. The van der Waals surface area contributed by atoms with Gasteiger partial charge in [0.15, 0.2) is 0 Å². The monoisotopic (exact) mass is 293 g/mol. The van der Waals surface area contributed by atoms with Crippen LogP contribution in [0.25, 0.3) is 10.4 Å². The Balaban J connectivity index is 2.10. The van der Waals surface area contributed by atoms with Crippen molar-refractivity contribution >= 4 is 17.3 Å².